The number of phenols is 1. The SMILES string of the molecule is O=[N+]([O-])c1cc(-c2cccc(C(F)(F)F)c2F)ccc1O. The van der Waals surface area contributed by atoms with Crippen molar-refractivity contribution in [2.45, 2.75) is 6.18 Å². The number of phenolic OH excluding ortho intramolecular Hbond substituents is 1. The summed E-state index contributed by atoms with van der Waals surface area (Å²) in [5, 5.41) is 20.0. The zero-order chi connectivity index (χ0) is 15.8. The molecule has 0 spiro atoms. The lowest BCUT2D eigenvalue weighted by molar-refractivity contribution is -0.385. The van der Waals surface area contributed by atoms with Gasteiger partial charge in [-0.15, -0.1) is 0 Å². The molecule has 110 valence electrons. The third-order valence-electron chi connectivity index (χ3n) is 2.79. The first-order chi connectivity index (χ1) is 9.71. The molecule has 2 aromatic rings. The second-order valence-electron chi connectivity index (χ2n) is 4.13. The first kappa shape index (κ1) is 14.8. The zero-order valence-corrected chi connectivity index (χ0v) is 10.2. The summed E-state index contributed by atoms with van der Waals surface area (Å²) in [6.45, 7) is 0. The van der Waals surface area contributed by atoms with Gasteiger partial charge < -0.3 is 5.11 Å². The standard InChI is InChI=1S/C13H7F4NO3/c14-12-8(2-1-3-9(12)13(15,16)17)7-4-5-11(19)10(6-7)18(20)21/h1-6,19H. The van der Waals surface area contributed by atoms with E-state index in [0.29, 0.717) is 6.07 Å². The summed E-state index contributed by atoms with van der Waals surface area (Å²) in [7, 11) is 0. The highest BCUT2D eigenvalue weighted by Crippen LogP contribution is 2.37. The molecule has 2 aromatic carbocycles. The third kappa shape index (κ3) is 2.78. The Morgan fingerprint density at radius 3 is 2.38 bits per heavy atom. The van der Waals surface area contributed by atoms with Gasteiger partial charge in [-0.1, -0.05) is 18.2 Å². The second kappa shape index (κ2) is 5.04. The van der Waals surface area contributed by atoms with Crippen molar-refractivity contribution in [3.63, 3.8) is 0 Å². The molecule has 0 aromatic heterocycles. The normalized spacial score (nSPS) is 11.4. The molecule has 8 heteroatoms. The van der Waals surface area contributed by atoms with E-state index >= 15 is 0 Å². The van der Waals surface area contributed by atoms with Gasteiger partial charge in [0.1, 0.15) is 5.82 Å². The van der Waals surface area contributed by atoms with Crippen molar-refractivity contribution < 1.29 is 27.6 Å². The minimum atomic E-state index is -4.87. The maximum Gasteiger partial charge on any atom is 0.419 e. The number of nitrogens with zero attached hydrogens (tertiary/aromatic N) is 1. The maximum atomic E-state index is 13.9. The Labute approximate surface area is 115 Å². The van der Waals surface area contributed by atoms with Crippen molar-refractivity contribution in [3.05, 3.63) is 57.9 Å². The largest absolute Gasteiger partial charge is 0.502 e. The third-order valence-corrected chi connectivity index (χ3v) is 2.79. The number of halogens is 4. The molecule has 1 N–H and O–H groups in total. The predicted molar refractivity (Wildman–Crippen MR) is 65.2 cm³/mol. The molecule has 0 aliphatic heterocycles. The Bertz CT molecular complexity index is 713. The lowest BCUT2D eigenvalue weighted by Crippen LogP contribution is -2.08. The van der Waals surface area contributed by atoms with E-state index in [1.807, 2.05) is 0 Å². The van der Waals surface area contributed by atoms with E-state index in [4.69, 9.17) is 0 Å². The fourth-order valence-electron chi connectivity index (χ4n) is 1.81. The molecule has 2 rings (SSSR count). The van der Waals surface area contributed by atoms with Crippen LogP contribution in [0, 0.1) is 15.9 Å². The van der Waals surface area contributed by atoms with Gasteiger partial charge in [-0.3, -0.25) is 10.1 Å². The molecule has 0 fully saturated rings. The van der Waals surface area contributed by atoms with Crippen molar-refractivity contribution in [1.82, 2.24) is 0 Å². The van der Waals surface area contributed by atoms with Crippen LogP contribution in [0.5, 0.6) is 5.75 Å². The predicted octanol–water partition coefficient (Wildman–Crippen LogP) is 4.13. The molecule has 0 atom stereocenters. The van der Waals surface area contributed by atoms with Crippen LogP contribution in [0.15, 0.2) is 36.4 Å². The highest BCUT2D eigenvalue weighted by atomic mass is 19.4. The molecule has 21 heavy (non-hydrogen) atoms. The first-order valence-electron chi connectivity index (χ1n) is 5.55. The van der Waals surface area contributed by atoms with Crippen molar-refractivity contribution in [2.24, 2.45) is 0 Å². The monoisotopic (exact) mass is 301 g/mol. The molecule has 4 nitrogen and oxygen atoms in total. The van der Waals surface area contributed by atoms with E-state index in [1.165, 1.54) is 0 Å². The smallest absolute Gasteiger partial charge is 0.419 e. The minimum absolute atomic E-state index is 0.136. The van der Waals surface area contributed by atoms with Gasteiger partial charge in [0.05, 0.1) is 10.5 Å². The van der Waals surface area contributed by atoms with Gasteiger partial charge in [0.2, 0.25) is 0 Å². The number of alkyl halides is 3. The summed E-state index contributed by atoms with van der Waals surface area (Å²) in [6.07, 6.45) is -4.87. The molecule has 0 heterocycles. The Kier molecular flexibility index (Phi) is 3.54. The van der Waals surface area contributed by atoms with E-state index in [9.17, 15) is 32.8 Å². The molecule has 0 saturated carbocycles. The van der Waals surface area contributed by atoms with Crippen LogP contribution < -0.4 is 0 Å². The molecule has 0 aliphatic rings. The van der Waals surface area contributed by atoms with Gasteiger partial charge in [-0.05, 0) is 17.7 Å². The van der Waals surface area contributed by atoms with Crippen LogP contribution in [0.25, 0.3) is 11.1 Å². The van der Waals surface area contributed by atoms with Crippen LogP contribution in [-0.4, -0.2) is 10.0 Å². The number of benzene rings is 2. The van der Waals surface area contributed by atoms with Crippen molar-refractivity contribution in [1.29, 1.82) is 0 Å². The number of aromatic hydroxyl groups is 1. The number of rotatable bonds is 2. The summed E-state index contributed by atoms with van der Waals surface area (Å²) < 4.78 is 51.8. The molecule has 0 amide bonds. The van der Waals surface area contributed by atoms with Gasteiger partial charge >= 0.3 is 11.9 Å². The van der Waals surface area contributed by atoms with Gasteiger partial charge in [0.15, 0.2) is 5.75 Å². The molecule has 0 radical (unpaired) electrons. The average Bonchev–Trinajstić information content (AvgIpc) is 2.38. The van der Waals surface area contributed by atoms with Gasteiger partial charge in [-0.25, -0.2) is 4.39 Å². The fraction of sp³-hybridized carbons (Fsp3) is 0.0769. The van der Waals surface area contributed by atoms with Crippen LogP contribution >= 0.6 is 0 Å². The highest BCUT2D eigenvalue weighted by Gasteiger charge is 2.35. The summed E-state index contributed by atoms with van der Waals surface area (Å²) in [5.41, 5.74) is -2.75. The van der Waals surface area contributed by atoms with Crippen molar-refractivity contribution in [2.75, 3.05) is 0 Å². The van der Waals surface area contributed by atoms with Gasteiger partial charge in [-0.2, -0.15) is 13.2 Å². The van der Waals surface area contributed by atoms with Gasteiger partial charge in [0.25, 0.3) is 0 Å². The highest BCUT2D eigenvalue weighted by molar-refractivity contribution is 5.70. The molecule has 0 unspecified atom stereocenters. The number of hydrogen-bond donors (Lipinski definition) is 1. The van der Waals surface area contributed by atoms with Crippen LogP contribution in [0.1, 0.15) is 5.56 Å². The Hall–Kier alpha value is -2.64. The second-order valence-corrected chi connectivity index (χ2v) is 4.13. The first-order valence-corrected chi connectivity index (χ1v) is 5.55. The maximum absolute atomic E-state index is 13.9. The Morgan fingerprint density at radius 1 is 1.14 bits per heavy atom. The van der Waals surface area contributed by atoms with E-state index < -0.39 is 39.5 Å². The number of nitro groups is 1. The number of hydrogen-bond acceptors (Lipinski definition) is 3. The fourth-order valence-corrected chi connectivity index (χ4v) is 1.81. The Morgan fingerprint density at radius 2 is 1.81 bits per heavy atom. The summed E-state index contributed by atoms with van der Waals surface area (Å²) >= 11 is 0. The molecular weight excluding hydrogens is 294 g/mol. The zero-order valence-electron chi connectivity index (χ0n) is 10.2. The Balaban J connectivity index is 2.63. The van der Waals surface area contributed by atoms with Crippen molar-refractivity contribution >= 4 is 5.69 Å². The van der Waals surface area contributed by atoms with Crippen molar-refractivity contribution in [3.8, 4) is 16.9 Å². The average molecular weight is 301 g/mol. The van der Waals surface area contributed by atoms with E-state index in [-0.39, 0.29) is 5.56 Å². The summed E-state index contributed by atoms with van der Waals surface area (Å²) in [5.74, 6) is -2.18. The van der Waals surface area contributed by atoms with Crippen LogP contribution in [-0.2, 0) is 6.18 Å². The molecule has 0 bridgehead atoms. The van der Waals surface area contributed by atoms with Crippen LogP contribution in [0.2, 0.25) is 0 Å². The van der Waals surface area contributed by atoms with E-state index in [1.54, 1.807) is 0 Å². The molecular formula is C13H7F4NO3. The van der Waals surface area contributed by atoms with Gasteiger partial charge in [0, 0.05) is 11.6 Å². The lowest BCUT2D eigenvalue weighted by Gasteiger charge is -2.11. The van der Waals surface area contributed by atoms with E-state index in [2.05, 4.69) is 0 Å². The molecule has 0 aliphatic carbocycles. The lowest BCUT2D eigenvalue weighted by atomic mass is 10.0. The summed E-state index contributed by atoms with van der Waals surface area (Å²) in [4.78, 5) is 9.78. The molecule has 0 saturated heterocycles. The van der Waals surface area contributed by atoms with E-state index in [0.717, 1.165) is 30.3 Å². The number of nitro benzene ring substituents is 1. The van der Waals surface area contributed by atoms with Crippen LogP contribution in [0.4, 0.5) is 23.2 Å². The topological polar surface area (TPSA) is 63.4 Å². The quantitative estimate of drug-likeness (QED) is 0.515. The van der Waals surface area contributed by atoms with Crippen LogP contribution in [0.3, 0.4) is 0 Å². The summed E-state index contributed by atoms with van der Waals surface area (Å²) in [6, 6.07) is 5.48. The minimum Gasteiger partial charge on any atom is -0.502 e.